The molecule has 2 aliphatic heterocycles. The van der Waals surface area contributed by atoms with E-state index in [2.05, 4.69) is 20.0 Å². The summed E-state index contributed by atoms with van der Waals surface area (Å²) in [4.78, 5) is 17.1. The topological polar surface area (TPSA) is 66.6 Å². The van der Waals surface area contributed by atoms with E-state index in [9.17, 15) is 4.79 Å². The van der Waals surface area contributed by atoms with Crippen LogP contribution in [0.3, 0.4) is 0 Å². The minimum absolute atomic E-state index is 0.176. The zero-order valence-electron chi connectivity index (χ0n) is 14.9. The van der Waals surface area contributed by atoms with E-state index in [0.29, 0.717) is 11.8 Å². The molecule has 2 aromatic heterocycles. The summed E-state index contributed by atoms with van der Waals surface area (Å²) in [5.74, 6) is 5.19. The molecule has 0 spiro atoms. The second kappa shape index (κ2) is 6.72. The monoisotopic (exact) mass is 372 g/mol. The van der Waals surface area contributed by atoms with Crippen LogP contribution in [0.25, 0.3) is 5.65 Å². The second-order valence-electron chi connectivity index (χ2n) is 7.49. The minimum atomic E-state index is 0.176. The molecule has 138 valence electrons. The maximum atomic E-state index is 12.7. The van der Waals surface area contributed by atoms with Gasteiger partial charge in [0.15, 0.2) is 11.5 Å². The molecule has 0 unspecified atom stereocenters. The van der Waals surface area contributed by atoms with Crippen molar-refractivity contribution in [2.24, 2.45) is 5.92 Å². The lowest BCUT2D eigenvalue weighted by atomic mass is 9.95. The Morgan fingerprint density at radius 1 is 1.00 bits per heavy atom. The summed E-state index contributed by atoms with van der Waals surface area (Å²) in [6, 6.07) is 4.04. The van der Waals surface area contributed by atoms with Gasteiger partial charge >= 0.3 is 0 Å². The summed E-state index contributed by atoms with van der Waals surface area (Å²) in [5, 5.41) is 13.3. The molecule has 0 radical (unpaired) electrons. The molecule has 7 nitrogen and oxygen atoms in total. The van der Waals surface area contributed by atoms with E-state index in [1.54, 1.807) is 0 Å². The van der Waals surface area contributed by atoms with E-state index in [0.717, 1.165) is 67.8 Å². The van der Waals surface area contributed by atoms with Crippen LogP contribution in [-0.2, 0) is 4.79 Å². The summed E-state index contributed by atoms with van der Waals surface area (Å²) in [7, 11) is 0. The maximum Gasteiger partial charge on any atom is 0.225 e. The van der Waals surface area contributed by atoms with Crippen LogP contribution in [0.4, 0.5) is 5.82 Å². The SMILES string of the molecule is O=C(C1CCN(c2ccc3nnc(C4CC4)n3n2)CC1)N1CCSCC1. The fourth-order valence-electron chi connectivity index (χ4n) is 3.96. The molecule has 3 fully saturated rings. The highest BCUT2D eigenvalue weighted by atomic mass is 32.2. The Balaban J connectivity index is 1.27. The van der Waals surface area contributed by atoms with E-state index in [4.69, 9.17) is 5.10 Å². The van der Waals surface area contributed by atoms with Crippen LogP contribution in [0.2, 0.25) is 0 Å². The van der Waals surface area contributed by atoms with Gasteiger partial charge in [-0.05, 0) is 37.8 Å². The highest BCUT2D eigenvalue weighted by Gasteiger charge is 2.31. The van der Waals surface area contributed by atoms with Crippen molar-refractivity contribution in [1.29, 1.82) is 0 Å². The summed E-state index contributed by atoms with van der Waals surface area (Å²) in [6.07, 6.45) is 4.21. The first kappa shape index (κ1) is 16.4. The molecule has 0 N–H and O–H groups in total. The number of nitrogens with zero attached hydrogens (tertiary/aromatic N) is 6. The van der Waals surface area contributed by atoms with E-state index in [-0.39, 0.29) is 5.92 Å². The number of aromatic nitrogens is 4. The van der Waals surface area contributed by atoms with Crippen LogP contribution in [-0.4, -0.2) is 68.3 Å². The van der Waals surface area contributed by atoms with Gasteiger partial charge in [-0.15, -0.1) is 15.3 Å². The molecule has 26 heavy (non-hydrogen) atoms. The molecule has 1 aliphatic carbocycles. The predicted molar refractivity (Wildman–Crippen MR) is 102 cm³/mol. The van der Waals surface area contributed by atoms with Crippen molar-refractivity contribution in [2.45, 2.75) is 31.6 Å². The van der Waals surface area contributed by atoms with Crippen molar-refractivity contribution in [3.05, 3.63) is 18.0 Å². The fourth-order valence-corrected chi connectivity index (χ4v) is 4.86. The summed E-state index contributed by atoms with van der Waals surface area (Å²) in [6.45, 7) is 3.61. The highest BCUT2D eigenvalue weighted by molar-refractivity contribution is 7.99. The average Bonchev–Trinajstić information content (AvgIpc) is 3.47. The lowest BCUT2D eigenvalue weighted by Gasteiger charge is -2.35. The Morgan fingerprint density at radius 3 is 2.50 bits per heavy atom. The van der Waals surface area contributed by atoms with E-state index >= 15 is 0 Å². The predicted octanol–water partition coefficient (Wildman–Crippen LogP) is 1.79. The Bertz CT molecular complexity index is 805. The molecular weight excluding hydrogens is 348 g/mol. The van der Waals surface area contributed by atoms with Crippen LogP contribution in [0.5, 0.6) is 0 Å². The third kappa shape index (κ3) is 3.04. The van der Waals surface area contributed by atoms with Gasteiger partial charge in [0.05, 0.1) is 0 Å². The van der Waals surface area contributed by atoms with Gasteiger partial charge in [-0.1, -0.05) is 0 Å². The van der Waals surface area contributed by atoms with Crippen LogP contribution in [0.1, 0.15) is 37.4 Å². The molecule has 0 atom stereocenters. The number of amides is 1. The number of fused-ring (bicyclic) bond motifs is 1. The molecule has 1 amide bonds. The standard InChI is InChI=1S/C18H24N6OS/c25-18(23-9-11-26-12-10-23)14-5-7-22(8-6-14)16-4-3-15-19-20-17(13-1-2-13)24(15)21-16/h3-4,13-14H,1-2,5-12H2. The third-order valence-corrected chi connectivity index (χ3v) is 6.65. The molecule has 3 aliphatic rings. The van der Waals surface area contributed by atoms with Crippen molar-refractivity contribution in [3.8, 4) is 0 Å². The molecule has 5 rings (SSSR count). The Morgan fingerprint density at radius 2 is 1.77 bits per heavy atom. The number of piperidine rings is 1. The number of anilines is 1. The number of rotatable bonds is 3. The van der Waals surface area contributed by atoms with Gasteiger partial charge in [0.25, 0.3) is 0 Å². The smallest absolute Gasteiger partial charge is 0.225 e. The van der Waals surface area contributed by atoms with E-state index in [1.165, 1.54) is 12.8 Å². The zero-order valence-corrected chi connectivity index (χ0v) is 15.7. The van der Waals surface area contributed by atoms with Crippen molar-refractivity contribution >= 4 is 29.1 Å². The fraction of sp³-hybridized carbons (Fsp3) is 0.667. The first-order chi connectivity index (χ1) is 12.8. The Labute approximate surface area is 157 Å². The first-order valence-electron chi connectivity index (χ1n) is 9.63. The van der Waals surface area contributed by atoms with Crippen molar-refractivity contribution < 1.29 is 4.79 Å². The molecule has 2 saturated heterocycles. The molecule has 4 heterocycles. The van der Waals surface area contributed by atoms with E-state index < -0.39 is 0 Å². The van der Waals surface area contributed by atoms with Crippen molar-refractivity contribution in [3.63, 3.8) is 0 Å². The van der Waals surface area contributed by atoms with Crippen LogP contribution in [0, 0.1) is 5.92 Å². The largest absolute Gasteiger partial charge is 0.355 e. The van der Waals surface area contributed by atoms with Gasteiger partial charge in [0.1, 0.15) is 5.82 Å². The van der Waals surface area contributed by atoms with Crippen molar-refractivity contribution in [2.75, 3.05) is 42.6 Å². The number of thioether (sulfide) groups is 1. The van der Waals surface area contributed by atoms with Crippen molar-refractivity contribution in [1.82, 2.24) is 24.7 Å². The van der Waals surface area contributed by atoms with Gasteiger partial charge in [0.2, 0.25) is 5.91 Å². The van der Waals surface area contributed by atoms with E-state index in [1.807, 2.05) is 28.4 Å². The minimum Gasteiger partial charge on any atom is -0.355 e. The molecule has 8 heteroatoms. The zero-order chi connectivity index (χ0) is 17.5. The molecule has 1 saturated carbocycles. The number of hydrogen-bond donors (Lipinski definition) is 0. The normalized spacial score (nSPS) is 22.2. The van der Waals surface area contributed by atoms with Gasteiger partial charge in [0, 0.05) is 49.5 Å². The number of carbonyl (C=O) groups is 1. The van der Waals surface area contributed by atoms with Gasteiger partial charge < -0.3 is 9.80 Å². The van der Waals surface area contributed by atoms with Crippen LogP contribution in [0.15, 0.2) is 12.1 Å². The lowest BCUT2D eigenvalue weighted by Crippen LogP contribution is -2.45. The molecular formula is C18H24N6OS. The summed E-state index contributed by atoms with van der Waals surface area (Å²) >= 11 is 1.95. The quantitative estimate of drug-likeness (QED) is 0.818. The highest BCUT2D eigenvalue weighted by Crippen LogP contribution is 2.38. The lowest BCUT2D eigenvalue weighted by molar-refractivity contribution is -0.135. The average molecular weight is 372 g/mol. The molecule has 2 aromatic rings. The Kier molecular flexibility index (Phi) is 4.23. The third-order valence-electron chi connectivity index (χ3n) is 5.71. The summed E-state index contributed by atoms with van der Waals surface area (Å²) in [5.41, 5.74) is 0.823. The van der Waals surface area contributed by atoms with Gasteiger partial charge in [-0.25, -0.2) is 0 Å². The summed E-state index contributed by atoms with van der Waals surface area (Å²) < 4.78 is 1.91. The van der Waals surface area contributed by atoms with Crippen LogP contribution >= 0.6 is 11.8 Å². The van der Waals surface area contributed by atoms with Gasteiger partial charge in [-0.2, -0.15) is 16.3 Å². The Hall–Kier alpha value is -1.83. The number of hydrogen-bond acceptors (Lipinski definition) is 6. The number of carbonyl (C=O) groups excluding carboxylic acids is 1. The van der Waals surface area contributed by atoms with Gasteiger partial charge in [-0.3, -0.25) is 4.79 Å². The first-order valence-corrected chi connectivity index (χ1v) is 10.8. The maximum absolute atomic E-state index is 12.7. The molecule has 0 bridgehead atoms. The molecule has 0 aromatic carbocycles. The van der Waals surface area contributed by atoms with Crippen LogP contribution < -0.4 is 4.90 Å². The second-order valence-corrected chi connectivity index (χ2v) is 8.72.